The van der Waals surface area contributed by atoms with E-state index in [1.165, 1.54) is 21.8 Å². The van der Waals surface area contributed by atoms with E-state index in [0.29, 0.717) is 24.4 Å². The van der Waals surface area contributed by atoms with E-state index in [9.17, 15) is 9.59 Å². The van der Waals surface area contributed by atoms with Gasteiger partial charge in [0, 0.05) is 23.1 Å². The SMILES string of the molecule is CCN(C=O)N(CC)C(=O)/C(SCP)=C(\C)Br. The first-order chi connectivity index (χ1) is 8.03. The van der Waals surface area contributed by atoms with Crippen LogP contribution in [0.5, 0.6) is 0 Å². The average Bonchev–Trinajstić information content (AvgIpc) is 2.31. The van der Waals surface area contributed by atoms with E-state index in [4.69, 9.17) is 0 Å². The maximum Gasteiger partial charge on any atom is 0.279 e. The Morgan fingerprint density at radius 3 is 2.29 bits per heavy atom. The van der Waals surface area contributed by atoms with Gasteiger partial charge in [0.2, 0.25) is 6.41 Å². The molecule has 98 valence electrons. The highest BCUT2D eigenvalue weighted by atomic mass is 79.9. The molecule has 7 heteroatoms. The van der Waals surface area contributed by atoms with E-state index in [0.717, 1.165) is 9.98 Å². The number of amides is 2. The minimum absolute atomic E-state index is 0.150. The third-order valence-corrected chi connectivity index (χ3v) is 4.12. The molecule has 0 N–H and O–H groups in total. The highest BCUT2D eigenvalue weighted by Crippen LogP contribution is 2.27. The molecule has 0 saturated carbocycles. The van der Waals surface area contributed by atoms with Crippen LogP contribution in [0.1, 0.15) is 20.8 Å². The van der Waals surface area contributed by atoms with E-state index in [1.807, 2.05) is 20.8 Å². The van der Waals surface area contributed by atoms with Crippen molar-refractivity contribution in [3.05, 3.63) is 9.39 Å². The van der Waals surface area contributed by atoms with Crippen molar-refractivity contribution in [3.63, 3.8) is 0 Å². The van der Waals surface area contributed by atoms with Crippen LogP contribution in [-0.4, -0.2) is 40.9 Å². The highest BCUT2D eigenvalue weighted by Gasteiger charge is 2.22. The summed E-state index contributed by atoms with van der Waals surface area (Å²) in [6.07, 6.45) is 0.675. The normalized spacial score (nSPS) is 11.8. The van der Waals surface area contributed by atoms with Crippen molar-refractivity contribution in [1.29, 1.82) is 0 Å². The molecule has 2 amide bonds. The summed E-state index contributed by atoms with van der Waals surface area (Å²) in [4.78, 5) is 23.8. The van der Waals surface area contributed by atoms with Crippen molar-refractivity contribution in [2.45, 2.75) is 20.8 Å². The smallest absolute Gasteiger partial charge is 0.277 e. The molecule has 4 nitrogen and oxygen atoms in total. The number of hydrogen-bond acceptors (Lipinski definition) is 3. The molecule has 0 aromatic heterocycles. The molecule has 1 atom stereocenters. The van der Waals surface area contributed by atoms with Crippen LogP contribution in [-0.2, 0) is 9.59 Å². The summed E-state index contributed by atoms with van der Waals surface area (Å²) in [7, 11) is 2.56. The van der Waals surface area contributed by atoms with E-state index >= 15 is 0 Å². The Balaban J connectivity index is 5.08. The van der Waals surface area contributed by atoms with E-state index < -0.39 is 0 Å². The number of hydrogen-bond donors (Lipinski definition) is 0. The van der Waals surface area contributed by atoms with Crippen molar-refractivity contribution < 1.29 is 9.59 Å². The topological polar surface area (TPSA) is 40.6 Å². The first-order valence-electron chi connectivity index (χ1n) is 5.26. The second-order valence-corrected chi connectivity index (χ2v) is 6.28. The monoisotopic (exact) mass is 340 g/mol. The van der Waals surface area contributed by atoms with Crippen LogP contribution in [0.15, 0.2) is 9.39 Å². The van der Waals surface area contributed by atoms with Gasteiger partial charge in [0.25, 0.3) is 5.91 Å². The van der Waals surface area contributed by atoms with Gasteiger partial charge in [-0.2, -0.15) is 0 Å². The zero-order chi connectivity index (χ0) is 13.4. The van der Waals surface area contributed by atoms with Crippen LogP contribution in [0.25, 0.3) is 0 Å². The number of carbonyl (C=O) groups is 2. The van der Waals surface area contributed by atoms with Crippen LogP contribution >= 0.6 is 36.9 Å². The number of nitrogens with zero attached hydrogens (tertiary/aromatic N) is 2. The molecule has 17 heavy (non-hydrogen) atoms. The van der Waals surface area contributed by atoms with Crippen molar-refractivity contribution in [2.24, 2.45) is 0 Å². The van der Waals surface area contributed by atoms with Crippen molar-refractivity contribution >= 4 is 49.2 Å². The Morgan fingerprint density at radius 2 is 2.00 bits per heavy atom. The van der Waals surface area contributed by atoms with Crippen molar-refractivity contribution in [2.75, 3.05) is 18.6 Å². The maximum atomic E-state index is 12.3. The first-order valence-corrected chi connectivity index (χ1v) is 7.85. The molecule has 0 heterocycles. The molecule has 0 bridgehead atoms. The maximum absolute atomic E-state index is 12.3. The predicted octanol–water partition coefficient (Wildman–Crippen LogP) is 2.42. The van der Waals surface area contributed by atoms with Gasteiger partial charge in [-0.05, 0) is 20.8 Å². The number of thioether (sulfide) groups is 1. The lowest BCUT2D eigenvalue weighted by atomic mass is 10.4. The zero-order valence-electron chi connectivity index (χ0n) is 10.3. The lowest BCUT2D eigenvalue weighted by molar-refractivity contribution is -0.151. The van der Waals surface area contributed by atoms with Crippen LogP contribution in [0, 0.1) is 0 Å². The molecule has 0 aromatic carbocycles. The molecule has 1 unspecified atom stereocenters. The number of carbonyl (C=O) groups excluding carboxylic acids is 2. The second-order valence-electron chi connectivity index (χ2n) is 3.06. The third kappa shape index (κ3) is 4.98. The van der Waals surface area contributed by atoms with E-state index in [2.05, 4.69) is 25.2 Å². The molecule has 0 aliphatic carbocycles. The van der Waals surface area contributed by atoms with Crippen LogP contribution in [0.3, 0.4) is 0 Å². The number of halogens is 1. The summed E-state index contributed by atoms with van der Waals surface area (Å²) in [5.41, 5.74) is 0.731. The van der Waals surface area contributed by atoms with Gasteiger partial charge in [-0.25, -0.2) is 5.01 Å². The quantitative estimate of drug-likeness (QED) is 0.309. The molecular formula is C10H18BrN2O2PS. The summed E-state index contributed by atoms with van der Waals surface area (Å²) < 4.78 is 0.787. The van der Waals surface area contributed by atoms with Crippen LogP contribution in [0.4, 0.5) is 0 Å². The highest BCUT2D eigenvalue weighted by molar-refractivity contribution is 9.11. The van der Waals surface area contributed by atoms with Gasteiger partial charge >= 0.3 is 0 Å². The zero-order valence-corrected chi connectivity index (χ0v) is 13.8. The standard InChI is InChI=1S/C10H18BrN2O2PS/c1-4-12(6-14)13(5-2)10(15)9(8(3)11)17-7-16/h6H,4-5,7,16H2,1-3H3/b9-8-. The van der Waals surface area contributed by atoms with Gasteiger partial charge in [-0.1, -0.05) is 15.9 Å². The summed E-state index contributed by atoms with van der Waals surface area (Å²) in [6, 6.07) is 0. The fraction of sp³-hybridized carbons (Fsp3) is 0.600. The Hall–Kier alpha value is -0.0600. The average molecular weight is 341 g/mol. The third-order valence-electron chi connectivity index (χ3n) is 2.02. The van der Waals surface area contributed by atoms with Gasteiger partial charge in [-0.3, -0.25) is 14.6 Å². The predicted molar refractivity (Wildman–Crippen MR) is 79.6 cm³/mol. The van der Waals surface area contributed by atoms with Crippen molar-refractivity contribution in [3.8, 4) is 0 Å². The number of rotatable bonds is 7. The van der Waals surface area contributed by atoms with E-state index in [-0.39, 0.29) is 5.91 Å². The van der Waals surface area contributed by atoms with E-state index in [1.54, 1.807) is 0 Å². The number of hydrazine groups is 1. The molecule has 0 aromatic rings. The molecule has 0 radical (unpaired) electrons. The Labute approximate surface area is 117 Å². The van der Waals surface area contributed by atoms with Gasteiger partial charge in [-0.15, -0.1) is 21.0 Å². The summed E-state index contributed by atoms with van der Waals surface area (Å²) in [5, 5.41) is 2.82. The van der Waals surface area contributed by atoms with Crippen molar-refractivity contribution in [1.82, 2.24) is 10.0 Å². The van der Waals surface area contributed by atoms with Gasteiger partial charge in [0.15, 0.2) is 0 Å². The fourth-order valence-electron chi connectivity index (χ4n) is 1.25. The summed E-state index contributed by atoms with van der Waals surface area (Å²) >= 11 is 4.76. The lowest BCUT2D eigenvalue weighted by Crippen LogP contribution is -2.46. The minimum atomic E-state index is -0.150. The Morgan fingerprint density at radius 1 is 1.41 bits per heavy atom. The second kappa shape index (κ2) is 8.95. The van der Waals surface area contributed by atoms with Gasteiger partial charge in [0.05, 0.1) is 4.91 Å². The number of allylic oxidation sites excluding steroid dienone is 1. The minimum Gasteiger partial charge on any atom is -0.277 e. The molecule has 0 aliphatic rings. The molecule has 0 spiro atoms. The lowest BCUT2D eigenvalue weighted by Gasteiger charge is -2.30. The largest absolute Gasteiger partial charge is 0.279 e. The Bertz CT molecular complexity index is 309. The summed E-state index contributed by atoms with van der Waals surface area (Å²) in [5.74, 6) is -0.150. The van der Waals surface area contributed by atoms with Crippen LogP contribution < -0.4 is 0 Å². The summed E-state index contributed by atoms with van der Waals surface area (Å²) in [6.45, 7) is 6.44. The van der Waals surface area contributed by atoms with Gasteiger partial charge in [0.1, 0.15) is 0 Å². The van der Waals surface area contributed by atoms with Gasteiger partial charge < -0.3 is 0 Å². The Kier molecular flexibility index (Phi) is 8.92. The number of likely N-dealkylation sites (N-methyl/N-ethyl adjacent to an activating group) is 1. The molecule has 0 fully saturated rings. The molecular weight excluding hydrogens is 323 g/mol. The molecule has 0 rings (SSSR count). The first kappa shape index (κ1) is 16.9. The molecule has 0 aliphatic heterocycles. The molecule has 0 saturated heterocycles. The van der Waals surface area contributed by atoms with Crippen LogP contribution in [0.2, 0.25) is 0 Å². The fourth-order valence-corrected chi connectivity index (χ4v) is 2.86.